The molecule has 0 atom stereocenters. The molecular weight excluding hydrogens is 360 g/mol. The number of aromatic nitrogens is 2. The lowest BCUT2D eigenvalue weighted by Gasteiger charge is -2.11. The molecule has 0 fully saturated rings. The summed E-state index contributed by atoms with van der Waals surface area (Å²) in [7, 11) is 0. The summed E-state index contributed by atoms with van der Waals surface area (Å²) >= 11 is 1.30. The number of fused-ring (bicyclic) bond motifs is 1. The summed E-state index contributed by atoms with van der Waals surface area (Å²) in [5.74, 6) is -0.262. The van der Waals surface area contributed by atoms with Gasteiger partial charge in [-0.15, -0.1) is 0 Å². The monoisotopic (exact) mass is 382 g/mol. The van der Waals surface area contributed by atoms with Gasteiger partial charge in [-0.25, -0.2) is 9.78 Å². The van der Waals surface area contributed by atoms with Crippen molar-refractivity contribution in [3.8, 4) is 5.69 Å². The molecule has 0 aliphatic heterocycles. The molecule has 1 heterocycles. The summed E-state index contributed by atoms with van der Waals surface area (Å²) in [6.45, 7) is 5.71. The maximum Gasteiger partial charge on any atom is 0.321 e. The van der Waals surface area contributed by atoms with Gasteiger partial charge in [0, 0.05) is 11.7 Å². The van der Waals surface area contributed by atoms with Crippen LogP contribution in [-0.4, -0.2) is 33.3 Å². The molecule has 3 aromatic rings. The minimum Gasteiger partial charge on any atom is -0.336 e. The molecule has 6 nitrogen and oxygen atoms in total. The summed E-state index contributed by atoms with van der Waals surface area (Å²) in [5.41, 5.74) is 3.97. The van der Waals surface area contributed by atoms with E-state index in [1.165, 1.54) is 11.8 Å². The molecule has 0 spiro atoms. The zero-order chi connectivity index (χ0) is 19.4. The van der Waals surface area contributed by atoms with E-state index in [-0.39, 0.29) is 17.7 Å². The Hall–Kier alpha value is -2.80. The highest BCUT2D eigenvalue weighted by atomic mass is 32.2. The van der Waals surface area contributed by atoms with Crippen LogP contribution in [0.2, 0.25) is 0 Å². The van der Waals surface area contributed by atoms with E-state index in [9.17, 15) is 9.59 Å². The largest absolute Gasteiger partial charge is 0.336 e. The van der Waals surface area contributed by atoms with Crippen molar-refractivity contribution in [1.82, 2.24) is 20.2 Å². The number of imidazole rings is 1. The molecule has 0 radical (unpaired) electrons. The summed E-state index contributed by atoms with van der Waals surface area (Å²) < 4.78 is 2.04. The Labute approximate surface area is 162 Å². The van der Waals surface area contributed by atoms with Crippen molar-refractivity contribution in [2.75, 3.05) is 5.75 Å². The molecule has 0 saturated heterocycles. The summed E-state index contributed by atoms with van der Waals surface area (Å²) in [6.07, 6.45) is 0. The number of aryl methyl sites for hydroxylation is 1. The van der Waals surface area contributed by atoms with Crippen LogP contribution in [0, 0.1) is 6.92 Å². The Kier molecular flexibility index (Phi) is 5.81. The van der Waals surface area contributed by atoms with Gasteiger partial charge in [0.15, 0.2) is 5.16 Å². The van der Waals surface area contributed by atoms with Crippen molar-refractivity contribution in [3.63, 3.8) is 0 Å². The highest BCUT2D eigenvalue weighted by Crippen LogP contribution is 2.28. The van der Waals surface area contributed by atoms with Crippen molar-refractivity contribution < 1.29 is 9.59 Å². The maximum absolute atomic E-state index is 12.1. The number of para-hydroxylation sites is 2. The minimum absolute atomic E-state index is 0.0315. The first-order valence-electron chi connectivity index (χ1n) is 8.71. The highest BCUT2D eigenvalue weighted by Gasteiger charge is 2.15. The number of imide groups is 1. The average molecular weight is 382 g/mol. The number of hydrogen-bond donors (Lipinski definition) is 2. The zero-order valence-electron chi connectivity index (χ0n) is 15.5. The molecule has 3 rings (SSSR count). The molecule has 0 aliphatic carbocycles. The fourth-order valence-electron chi connectivity index (χ4n) is 2.71. The number of urea groups is 1. The topological polar surface area (TPSA) is 76.0 Å². The van der Waals surface area contributed by atoms with E-state index in [1.807, 2.05) is 67.8 Å². The van der Waals surface area contributed by atoms with E-state index in [2.05, 4.69) is 21.7 Å². The van der Waals surface area contributed by atoms with Gasteiger partial charge in [0.2, 0.25) is 5.91 Å². The van der Waals surface area contributed by atoms with E-state index in [4.69, 9.17) is 0 Å². The van der Waals surface area contributed by atoms with Gasteiger partial charge >= 0.3 is 6.03 Å². The molecule has 1 aromatic heterocycles. The third-order valence-electron chi connectivity index (χ3n) is 3.79. The number of thioether (sulfide) groups is 1. The molecule has 27 heavy (non-hydrogen) atoms. The molecule has 0 unspecified atom stereocenters. The van der Waals surface area contributed by atoms with Crippen LogP contribution < -0.4 is 10.6 Å². The number of carbonyl (C=O) groups excluding carboxylic acids is 2. The zero-order valence-corrected chi connectivity index (χ0v) is 16.3. The van der Waals surface area contributed by atoms with Gasteiger partial charge in [-0.2, -0.15) is 0 Å². The maximum atomic E-state index is 12.1. The van der Waals surface area contributed by atoms with E-state index in [0.717, 1.165) is 22.3 Å². The molecular formula is C20H22N4O2S. The van der Waals surface area contributed by atoms with Crippen LogP contribution in [0.4, 0.5) is 4.79 Å². The van der Waals surface area contributed by atoms with Gasteiger partial charge < -0.3 is 5.32 Å². The smallest absolute Gasteiger partial charge is 0.321 e. The molecule has 2 N–H and O–H groups in total. The Balaban J connectivity index is 1.83. The van der Waals surface area contributed by atoms with E-state index in [0.29, 0.717) is 5.16 Å². The predicted molar refractivity (Wildman–Crippen MR) is 108 cm³/mol. The first-order valence-corrected chi connectivity index (χ1v) is 9.70. The first-order chi connectivity index (χ1) is 12.9. The predicted octanol–water partition coefficient (Wildman–Crippen LogP) is 3.66. The van der Waals surface area contributed by atoms with Crippen molar-refractivity contribution in [2.24, 2.45) is 0 Å². The lowest BCUT2D eigenvalue weighted by molar-refractivity contribution is -0.117. The normalized spacial score (nSPS) is 11.0. The third-order valence-corrected chi connectivity index (χ3v) is 4.73. The molecule has 0 aliphatic rings. The second-order valence-corrected chi connectivity index (χ2v) is 7.47. The highest BCUT2D eigenvalue weighted by molar-refractivity contribution is 7.99. The average Bonchev–Trinajstić information content (AvgIpc) is 2.97. The van der Waals surface area contributed by atoms with Crippen molar-refractivity contribution in [2.45, 2.75) is 32.0 Å². The van der Waals surface area contributed by atoms with Crippen LogP contribution in [-0.2, 0) is 4.79 Å². The number of rotatable bonds is 5. The molecule has 0 saturated carbocycles. The van der Waals surface area contributed by atoms with Gasteiger partial charge in [0.05, 0.1) is 16.8 Å². The second kappa shape index (κ2) is 8.26. The van der Waals surface area contributed by atoms with Crippen LogP contribution in [0.3, 0.4) is 0 Å². The van der Waals surface area contributed by atoms with Crippen LogP contribution in [0.5, 0.6) is 0 Å². The van der Waals surface area contributed by atoms with Gasteiger partial charge in [0.25, 0.3) is 0 Å². The number of nitrogens with one attached hydrogen (secondary N) is 2. The molecule has 0 bridgehead atoms. The Morgan fingerprint density at radius 1 is 1.15 bits per heavy atom. The number of nitrogens with zero attached hydrogens (tertiary/aromatic N) is 2. The second-order valence-electron chi connectivity index (χ2n) is 6.52. The van der Waals surface area contributed by atoms with Crippen molar-refractivity contribution in [3.05, 3.63) is 54.1 Å². The van der Waals surface area contributed by atoms with E-state index in [1.54, 1.807) is 0 Å². The quantitative estimate of drug-likeness (QED) is 0.660. The van der Waals surface area contributed by atoms with Gasteiger partial charge in [-0.1, -0.05) is 36.0 Å². The Morgan fingerprint density at radius 3 is 2.67 bits per heavy atom. The molecule has 3 amide bonds. The summed E-state index contributed by atoms with van der Waals surface area (Å²) in [6, 6.07) is 15.5. The summed E-state index contributed by atoms with van der Waals surface area (Å²) in [4.78, 5) is 28.4. The summed E-state index contributed by atoms with van der Waals surface area (Å²) in [5, 5.41) is 5.68. The van der Waals surface area contributed by atoms with E-state index < -0.39 is 6.03 Å². The Morgan fingerprint density at radius 2 is 1.93 bits per heavy atom. The number of hydrogen-bond acceptors (Lipinski definition) is 4. The lowest BCUT2D eigenvalue weighted by Crippen LogP contribution is -2.43. The fraction of sp³-hybridized carbons (Fsp3) is 0.250. The minimum atomic E-state index is -0.484. The van der Waals surface area contributed by atoms with Crippen LogP contribution in [0.15, 0.2) is 53.7 Å². The number of amides is 3. The molecule has 2 aromatic carbocycles. The molecule has 140 valence electrons. The van der Waals surface area contributed by atoms with Crippen molar-refractivity contribution >= 4 is 34.7 Å². The fourth-order valence-corrected chi connectivity index (χ4v) is 3.54. The Bertz CT molecular complexity index is 981. The SMILES string of the molecule is Cc1cccc(-n2c(SCC(=O)NC(=O)NC(C)C)nc3ccccc32)c1. The van der Waals surface area contributed by atoms with Gasteiger partial charge in [0.1, 0.15) is 0 Å². The van der Waals surface area contributed by atoms with Gasteiger partial charge in [-0.3, -0.25) is 14.7 Å². The first kappa shape index (κ1) is 19.0. The molecule has 7 heteroatoms. The number of carbonyl (C=O) groups is 2. The number of benzene rings is 2. The van der Waals surface area contributed by atoms with Crippen LogP contribution >= 0.6 is 11.8 Å². The van der Waals surface area contributed by atoms with Crippen LogP contribution in [0.25, 0.3) is 16.7 Å². The van der Waals surface area contributed by atoms with Gasteiger partial charge in [-0.05, 0) is 50.6 Å². The van der Waals surface area contributed by atoms with E-state index >= 15 is 0 Å². The van der Waals surface area contributed by atoms with Crippen molar-refractivity contribution in [1.29, 1.82) is 0 Å². The van der Waals surface area contributed by atoms with Crippen LogP contribution in [0.1, 0.15) is 19.4 Å². The third kappa shape index (κ3) is 4.68. The standard InChI is InChI=1S/C20H22N4O2S/c1-13(2)21-19(26)23-18(25)12-27-20-22-16-9-4-5-10-17(16)24(20)15-8-6-7-14(3)11-15/h4-11,13H,12H2,1-3H3,(H2,21,23,25,26). The lowest BCUT2D eigenvalue weighted by atomic mass is 10.2.